The molecule has 0 aliphatic carbocycles. The van der Waals surface area contributed by atoms with E-state index in [4.69, 9.17) is 5.11 Å². The van der Waals surface area contributed by atoms with Gasteiger partial charge in [0.05, 0.1) is 12.1 Å². The highest BCUT2D eigenvalue weighted by atomic mass is 16.4. The third kappa shape index (κ3) is 2.10. The second-order valence-electron chi connectivity index (χ2n) is 3.49. The van der Waals surface area contributed by atoms with Crippen molar-refractivity contribution in [1.82, 2.24) is 9.78 Å². The summed E-state index contributed by atoms with van der Waals surface area (Å²) in [4.78, 5) is 33.6. The van der Waals surface area contributed by atoms with Crippen molar-refractivity contribution < 1.29 is 9.90 Å². The summed E-state index contributed by atoms with van der Waals surface area (Å²) in [6, 6.07) is 0. The molecule has 0 fully saturated rings. The van der Waals surface area contributed by atoms with Crippen molar-refractivity contribution in [2.45, 2.75) is 20.4 Å². The third-order valence-corrected chi connectivity index (χ3v) is 2.36. The van der Waals surface area contributed by atoms with Crippen LogP contribution in [0.1, 0.15) is 11.1 Å². The van der Waals surface area contributed by atoms with Crippen LogP contribution in [0.4, 0.5) is 0 Å². The van der Waals surface area contributed by atoms with Crippen LogP contribution in [-0.2, 0) is 11.3 Å². The van der Waals surface area contributed by atoms with Crippen molar-refractivity contribution >= 4 is 5.97 Å². The molecule has 0 aliphatic rings. The number of nitrogens with one attached hydrogen (secondary N) is 1. The zero-order valence-electron chi connectivity index (χ0n) is 9.03. The summed E-state index contributed by atoms with van der Waals surface area (Å²) in [6.45, 7) is 6.11. The highest BCUT2D eigenvalue weighted by Gasteiger charge is 2.10. The first-order valence-electron chi connectivity index (χ1n) is 4.56. The Morgan fingerprint density at radius 2 is 1.94 bits per heavy atom. The minimum atomic E-state index is -1.20. The van der Waals surface area contributed by atoms with Crippen LogP contribution in [0, 0.1) is 13.8 Å². The number of aliphatic carboxylic acids is 1. The Bertz CT molecular complexity index is 565. The van der Waals surface area contributed by atoms with E-state index in [2.05, 4.69) is 11.7 Å². The van der Waals surface area contributed by atoms with Crippen LogP contribution in [-0.4, -0.2) is 20.9 Å². The molecule has 0 saturated heterocycles. The monoisotopic (exact) mass is 224 g/mol. The van der Waals surface area contributed by atoms with Crippen LogP contribution in [0.15, 0.2) is 21.7 Å². The molecule has 16 heavy (non-hydrogen) atoms. The SMILES string of the molecule is C=C(Cn1[nH]c(=O)c(C)c(C)c1=O)C(=O)O. The first-order valence-corrected chi connectivity index (χ1v) is 4.56. The van der Waals surface area contributed by atoms with E-state index in [-0.39, 0.29) is 12.1 Å². The molecule has 0 amide bonds. The molecule has 0 bridgehead atoms. The number of carboxylic acids is 1. The number of carboxylic acid groups (broad SMARTS) is 1. The number of hydrogen-bond acceptors (Lipinski definition) is 3. The Balaban J connectivity index is 3.27. The zero-order valence-corrected chi connectivity index (χ0v) is 9.03. The van der Waals surface area contributed by atoms with Crippen molar-refractivity contribution in [1.29, 1.82) is 0 Å². The van der Waals surface area contributed by atoms with E-state index in [0.717, 1.165) is 4.68 Å². The normalized spacial score (nSPS) is 10.1. The largest absolute Gasteiger partial charge is 0.478 e. The van der Waals surface area contributed by atoms with Crippen LogP contribution in [0.25, 0.3) is 0 Å². The van der Waals surface area contributed by atoms with Crippen molar-refractivity contribution in [3.8, 4) is 0 Å². The minimum absolute atomic E-state index is 0.166. The van der Waals surface area contributed by atoms with Crippen LogP contribution < -0.4 is 11.1 Å². The second kappa shape index (κ2) is 4.18. The second-order valence-corrected chi connectivity index (χ2v) is 3.49. The fourth-order valence-corrected chi connectivity index (χ4v) is 1.16. The Morgan fingerprint density at radius 3 is 2.44 bits per heavy atom. The van der Waals surface area contributed by atoms with E-state index in [1.165, 1.54) is 13.8 Å². The van der Waals surface area contributed by atoms with Crippen LogP contribution in [0.3, 0.4) is 0 Å². The van der Waals surface area contributed by atoms with Gasteiger partial charge in [-0.2, -0.15) is 0 Å². The van der Waals surface area contributed by atoms with E-state index < -0.39 is 17.1 Å². The summed E-state index contributed by atoms with van der Waals surface area (Å²) < 4.78 is 0.946. The van der Waals surface area contributed by atoms with Crippen LogP contribution in [0.2, 0.25) is 0 Å². The smallest absolute Gasteiger partial charge is 0.332 e. The topological polar surface area (TPSA) is 92.2 Å². The van der Waals surface area contributed by atoms with Gasteiger partial charge in [0.15, 0.2) is 0 Å². The number of nitrogens with zero attached hydrogens (tertiary/aromatic N) is 1. The maximum absolute atomic E-state index is 11.7. The van der Waals surface area contributed by atoms with E-state index in [1.54, 1.807) is 0 Å². The van der Waals surface area contributed by atoms with Gasteiger partial charge in [-0.25, -0.2) is 9.48 Å². The van der Waals surface area contributed by atoms with Gasteiger partial charge in [-0.15, -0.1) is 0 Å². The van der Waals surface area contributed by atoms with E-state index in [9.17, 15) is 14.4 Å². The summed E-state index contributed by atoms with van der Waals surface area (Å²) in [5.41, 5.74) is -0.347. The molecule has 1 aromatic heterocycles. The summed E-state index contributed by atoms with van der Waals surface area (Å²) >= 11 is 0. The number of aromatic amines is 1. The lowest BCUT2D eigenvalue weighted by Gasteiger charge is -2.07. The Morgan fingerprint density at radius 1 is 1.38 bits per heavy atom. The van der Waals surface area contributed by atoms with Gasteiger partial charge in [-0.05, 0) is 13.8 Å². The average Bonchev–Trinajstić information content (AvgIpc) is 2.22. The molecule has 0 aromatic carbocycles. The van der Waals surface area contributed by atoms with Gasteiger partial charge < -0.3 is 5.11 Å². The summed E-state index contributed by atoms with van der Waals surface area (Å²) in [7, 11) is 0. The van der Waals surface area contributed by atoms with Gasteiger partial charge in [0.1, 0.15) is 0 Å². The van der Waals surface area contributed by atoms with E-state index in [1.807, 2.05) is 0 Å². The first kappa shape index (κ1) is 12.0. The van der Waals surface area contributed by atoms with E-state index in [0.29, 0.717) is 11.1 Å². The summed E-state index contributed by atoms with van der Waals surface area (Å²) in [5, 5.41) is 10.9. The predicted octanol–water partition coefficient (Wildman–Crippen LogP) is -0.206. The quantitative estimate of drug-likeness (QED) is 0.695. The summed E-state index contributed by atoms with van der Waals surface area (Å²) in [6.07, 6.45) is 0. The van der Waals surface area contributed by atoms with Crippen molar-refractivity contribution in [2.75, 3.05) is 0 Å². The molecular formula is C10H12N2O4. The Kier molecular flexibility index (Phi) is 3.12. The van der Waals surface area contributed by atoms with Crippen LogP contribution in [0.5, 0.6) is 0 Å². The highest BCUT2D eigenvalue weighted by Crippen LogP contribution is 1.95. The molecule has 1 rings (SSSR count). The Hall–Kier alpha value is -2.11. The van der Waals surface area contributed by atoms with Crippen molar-refractivity contribution in [2.24, 2.45) is 0 Å². The minimum Gasteiger partial charge on any atom is -0.478 e. The number of carbonyl (C=O) groups is 1. The molecule has 2 N–H and O–H groups in total. The molecule has 6 heteroatoms. The summed E-state index contributed by atoms with van der Waals surface area (Å²) in [5.74, 6) is -1.20. The zero-order chi connectivity index (χ0) is 12.5. The van der Waals surface area contributed by atoms with Crippen LogP contribution >= 0.6 is 0 Å². The molecule has 0 spiro atoms. The molecule has 0 radical (unpaired) electrons. The first-order chi connectivity index (χ1) is 7.34. The average molecular weight is 224 g/mol. The molecule has 6 nitrogen and oxygen atoms in total. The number of aromatic nitrogens is 2. The van der Waals surface area contributed by atoms with Gasteiger partial charge in [0, 0.05) is 11.1 Å². The number of rotatable bonds is 3. The van der Waals surface area contributed by atoms with Crippen molar-refractivity contribution in [3.05, 3.63) is 44.0 Å². The molecule has 0 unspecified atom stereocenters. The standard InChI is InChI=1S/C10H12N2O4/c1-5(10(15)16)4-12-9(14)7(3)6(2)8(13)11-12/h1,4H2,2-3H3,(H,11,13)(H,15,16). The van der Waals surface area contributed by atoms with Gasteiger partial charge in [0.25, 0.3) is 11.1 Å². The maximum Gasteiger partial charge on any atom is 0.332 e. The molecule has 1 heterocycles. The highest BCUT2D eigenvalue weighted by molar-refractivity contribution is 5.85. The molecule has 86 valence electrons. The Labute approximate surface area is 90.8 Å². The van der Waals surface area contributed by atoms with Crippen molar-refractivity contribution in [3.63, 3.8) is 0 Å². The lowest BCUT2D eigenvalue weighted by molar-refractivity contribution is -0.132. The van der Waals surface area contributed by atoms with E-state index >= 15 is 0 Å². The van der Waals surface area contributed by atoms with Gasteiger partial charge in [-0.1, -0.05) is 6.58 Å². The lowest BCUT2D eigenvalue weighted by atomic mass is 10.2. The molecule has 0 saturated carbocycles. The predicted molar refractivity (Wildman–Crippen MR) is 57.6 cm³/mol. The van der Waals surface area contributed by atoms with Gasteiger partial charge >= 0.3 is 5.97 Å². The van der Waals surface area contributed by atoms with Gasteiger partial charge in [0.2, 0.25) is 0 Å². The van der Waals surface area contributed by atoms with Gasteiger partial charge in [-0.3, -0.25) is 14.7 Å². The fraction of sp³-hybridized carbons (Fsp3) is 0.300. The number of H-pyrrole nitrogens is 1. The lowest BCUT2D eigenvalue weighted by Crippen LogP contribution is -2.34. The molecular weight excluding hydrogens is 212 g/mol. The fourth-order valence-electron chi connectivity index (χ4n) is 1.16. The maximum atomic E-state index is 11.7. The molecule has 0 atom stereocenters. The third-order valence-electron chi connectivity index (χ3n) is 2.36. The molecule has 1 aromatic rings. The molecule has 0 aliphatic heterocycles. The number of hydrogen-bond donors (Lipinski definition) is 2.